The molecule has 1 aromatic carbocycles. The van der Waals surface area contributed by atoms with Gasteiger partial charge >= 0.3 is 0 Å². The maximum absolute atomic E-state index is 12.7. The molecule has 0 unspecified atom stereocenters. The molecule has 0 saturated heterocycles. The molecule has 28 heavy (non-hydrogen) atoms. The lowest BCUT2D eigenvalue weighted by atomic mass is 9.83. The van der Waals surface area contributed by atoms with Crippen molar-refractivity contribution >= 4 is 26.0 Å². The number of benzene rings is 1. The van der Waals surface area contributed by atoms with E-state index in [1.807, 2.05) is 0 Å². The molecule has 0 aromatic heterocycles. The van der Waals surface area contributed by atoms with Gasteiger partial charge in [0.1, 0.15) is 0 Å². The molecule has 1 aromatic rings. The van der Waals surface area contributed by atoms with Gasteiger partial charge in [-0.3, -0.25) is 13.9 Å². The van der Waals surface area contributed by atoms with Crippen molar-refractivity contribution in [2.45, 2.75) is 22.1 Å². The molecule has 0 radical (unpaired) electrons. The van der Waals surface area contributed by atoms with Gasteiger partial charge in [-0.1, -0.05) is 30.3 Å². The van der Waals surface area contributed by atoms with Crippen LogP contribution in [0.15, 0.2) is 42.0 Å². The molecule has 0 bridgehead atoms. The van der Waals surface area contributed by atoms with Crippen LogP contribution < -0.4 is 0 Å². The molecule has 13 heteroatoms. The Kier molecular flexibility index (Phi) is 5.62. The summed E-state index contributed by atoms with van der Waals surface area (Å²) in [5, 5.41) is 20.8. The topological polar surface area (TPSA) is 185 Å². The monoisotopic (exact) mass is 438 g/mol. The number of methoxy groups -OCH3 is 2. The molecular formula is C15H18O11S2. The zero-order valence-corrected chi connectivity index (χ0v) is 16.3. The average molecular weight is 438 g/mol. The van der Waals surface area contributed by atoms with Crippen LogP contribution in [0.4, 0.5) is 0 Å². The average Bonchev–Trinajstić information content (AvgIpc) is 2.58. The molecule has 0 amide bonds. The van der Waals surface area contributed by atoms with Crippen molar-refractivity contribution in [1.82, 2.24) is 0 Å². The summed E-state index contributed by atoms with van der Waals surface area (Å²) in [6, 6.07) is 6.87. The number of rotatable bonds is 6. The molecule has 0 spiro atoms. The van der Waals surface area contributed by atoms with Crippen molar-refractivity contribution in [2.75, 3.05) is 14.2 Å². The second-order valence-corrected chi connectivity index (χ2v) is 9.47. The van der Waals surface area contributed by atoms with Gasteiger partial charge in [0.15, 0.2) is 11.6 Å². The summed E-state index contributed by atoms with van der Waals surface area (Å²) < 4.78 is 73.8. The van der Waals surface area contributed by atoms with Crippen LogP contribution in [0, 0.1) is 0 Å². The minimum Gasteiger partial charge on any atom is -0.362 e. The predicted molar refractivity (Wildman–Crippen MR) is 93.2 cm³/mol. The number of aliphatic hydroxyl groups is 2. The van der Waals surface area contributed by atoms with Gasteiger partial charge in [-0.15, -0.1) is 0 Å². The van der Waals surface area contributed by atoms with Crippen molar-refractivity contribution in [2.24, 2.45) is 0 Å². The Morgan fingerprint density at radius 3 is 1.82 bits per heavy atom. The van der Waals surface area contributed by atoms with Crippen molar-refractivity contribution in [3.05, 3.63) is 47.5 Å². The first-order valence-corrected chi connectivity index (χ1v) is 10.4. The maximum atomic E-state index is 12.7. The van der Waals surface area contributed by atoms with E-state index in [4.69, 9.17) is 9.47 Å². The Morgan fingerprint density at radius 2 is 1.43 bits per heavy atom. The quantitative estimate of drug-likeness (QED) is 0.251. The van der Waals surface area contributed by atoms with Gasteiger partial charge in [0, 0.05) is 19.8 Å². The first-order valence-electron chi connectivity index (χ1n) is 7.51. The summed E-state index contributed by atoms with van der Waals surface area (Å²) in [5.41, 5.74) is -1.28. The van der Waals surface area contributed by atoms with Crippen LogP contribution in [-0.4, -0.2) is 71.8 Å². The molecule has 0 heterocycles. The van der Waals surface area contributed by atoms with Crippen LogP contribution in [0.25, 0.3) is 0 Å². The number of Topliss-reactive ketones (excluding diaryl/α,β-unsaturated/α-hetero) is 1. The Bertz CT molecular complexity index is 971. The van der Waals surface area contributed by atoms with E-state index in [-0.39, 0.29) is 11.6 Å². The number of hydrogen-bond donors (Lipinski definition) is 4. The molecule has 1 aliphatic carbocycles. The minimum absolute atomic E-state index is 0.0174. The standard InChI is InChI=1S/C15H18O11S2/c1-25-14(26-2)9-13(17,18)11(12(16)10-6-4-3-5-7-10)8-15(14,27(19,20)21)28(22,23)24/h3-8,17-18H,9H2,1-2H3,(H,19,20,21)(H,22,23,24). The summed E-state index contributed by atoms with van der Waals surface area (Å²) >= 11 is 0. The first kappa shape index (κ1) is 22.6. The lowest BCUT2D eigenvalue weighted by molar-refractivity contribution is -0.271. The van der Waals surface area contributed by atoms with E-state index in [9.17, 15) is 40.9 Å². The summed E-state index contributed by atoms with van der Waals surface area (Å²) in [6.45, 7) is 0. The van der Waals surface area contributed by atoms with E-state index in [1.54, 1.807) is 6.07 Å². The fourth-order valence-electron chi connectivity index (χ4n) is 3.14. The van der Waals surface area contributed by atoms with Gasteiger partial charge in [-0.2, -0.15) is 16.8 Å². The zero-order chi connectivity index (χ0) is 21.6. The van der Waals surface area contributed by atoms with Crippen molar-refractivity contribution in [3.63, 3.8) is 0 Å². The van der Waals surface area contributed by atoms with Gasteiger partial charge in [-0.05, 0) is 6.08 Å². The van der Waals surface area contributed by atoms with Crippen LogP contribution >= 0.6 is 0 Å². The normalized spacial score (nSPS) is 21.0. The fourth-order valence-corrected chi connectivity index (χ4v) is 6.00. The lowest BCUT2D eigenvalue weighted by Crippen LogP contribution is -2.69. The Labute approximate surface area is 160 Å². The molecule has 11 nitrogen and oxygen atoms in total. The highest BCUT2D eigenvalue weighted by molar-refractivity contribution is 8.05. The zero-order valence-electron chi connectivity index (χ0n) is 14.6. The number of carbonyl (C=O) groups excluding carboxylic acids is 1. The number of ketones is 1. The Hall–Kier alpha value is -1.71. The van der Waals surface area contributed by atoms with E-state index < -0.39 is 53.7 Å². The molecule has 0 aliphatic heterocycles. The van der Waals surface area contributed by atoms with Crippen LogP contribution in [0.3, 0.4) is 0 Å². The summed E-state index contributed by atoms with van der Waals surface area (Å²) in [5.74, 6) is -7.32. The third kappa shape index (κ3) is 3.19. The van der Waals surface area contributed by atoms with Crippen LogP contribution in [0.1, 0.15) is 16.8 Å². The Balaban J connectivity index is 2.98. The molecule has 2 rings (SSSR count). The number of hydrogen-bond acceptors (Lipinski definition) is 9. The van der Waals surface area contributed by atoms with Gasteiger partial charge in [0.05, 0.1) is 12.0 Å². The Morgan fingerprint density at radius 1 is 0.964 bits per heavy atom. The van der Waals surface area contributed by atoms with E-state index in [2.05, 4.69) is 0 Å². The molecule has 0 fully saturated rings. The maximum Gasteiger partial charge on any atom is 0.297 e. The highest BCUT2D eigenvalue weighted by Crippen LogP contribution is 2.50. The smallest absolute Gasteiger partial charge is 0.297 e. The molecule has 0 saturated carbocycles. The molecule has 156 valence electrons. The number of carbonyl (C=O) groups is 1. The van der Waals surface area contributed by atoms with E-state index in [1.165, 1.54) is 24.3 Å². The van der Waals surface area contributed by atoms with Crippen molar-refractivity contribution < 1.29 is 50.4 Å². The molecule has 1 aliphatic rings. The largest absolute Gasteiger partial charge is 0.362 e. The van der Waals surface area contributed by atoms with E-state index >= 15 is 0 Å². The number of ether oxygens (including phenoxy) is 2. The van der Waals surface area contributed by atoms with Gasteiger partial charge in [-0.25, -0.2) is 0 Å². The van der Waals surface area contributed by atoms with Crippen molar-refractivity contribution in [3.8, 4) is 0 Å². The third-order valence-corrected chi connectivity index (χ3v) is 8.14. The summed E-state index contributed by atoms with van der Waals surface area (Å²) in [6.07, 6.45) is -1.35. The van der Waals surface area contributed by atoms with Crippen LogP contribution in [0.5, 0.6) is 0 Å². The molecule has 0 atom stereocenters. The molecule has 4 N–H and O–H groups in total. The first-order chi connectivity index (χ1) is 12.7. The van der Waals surface area contributed by atoms with Crippen molar-refractivity contribution in [1.29, 1.82) is 0 Å². The highest BCUT2D eigenvalue weighted by Gasteiger charge is 2.74. The SMILES string of the molecule is COC1(OC)CC(O)(O)C(C(=O)c2ccccc2)=CC1(S(=O)(=O)O)S(=O)(=O)O. The van der Waals surface area contributed by atoms with Gasteiger partial charge in [0.25, 0.3) is 24.3 Å². The van der Waals surface area contributed by atoms with E-state index in [0.717, 1.165) is 14.2 Å². The second-order valence-electron chi connectivity index (χ2n) is 6.03. The minimum atomic E-state index is -5.81. The van der Waals surface area contributed by atoms with Gasteiger partial charge in [0.2, 0.25) is 5.79 Å². The van der Waals surface area contributed by atoms with Crippen LogP contribution in [-0.2, 0) is 29.7 Å². The lowest BCUT2D eigenvalue weighted by Gasteiger charge is -2.48. The third-order valence-electron chi connectivity index (χ3n) is 4.48. The second kappa shape index (κ2) is 6.96. The highest BCUT2D eigenvalue weighted by atomic mass is 32.3. The fraction of sp³-hybridized carbons (Fsp3) is 0.400. The van der Waals surface area contributed by atoms with Gasteiger partial charge < -0.3 is 19.7 Å². The molecular weight excluding hydrogens is 420 g/mol. The summed E-state index contributed by atoms with van der Waals surface area (Å²) in [7, 11) is -10.1. The predicted octanol–water partition coefficient (Wildman–Crippen LogP) is -0.659. The van der Waals surface area contributed by atoms with Crippen LogP contribution in [0.2, 0.25) is 0 Å². The van der Waals surface area contributed by atoms with E-state index in [0.29, 0.717) is 0 Å². The summed E-state index contributed by atoms with van der Waals surface area (Å²) in [4.78, 5) is 12.7.